The summed E-state index contributed by atoms with van der Waals surface area (Å²) in [6, 6.07) is 13.2. The molecule has 2 amide bonds. The number of methoxy groups -OCH3 is 1. The van der Waals surface area contributed by atoms with Crippen LogP contribution in [0.1, 0.15) is 25.2 Å². The van der Waals surface area contributed by atoms with Crippen molar-refractivity contribution in [3.63, 3.8) is 0 Å². The molecule has 0 spiro atoms. The lowest BCUT2D eigenvalue weighted by molar-refractivity contribution is -0.142. The number of rotatable bonds is 8. The van der Waals surface area contributed by atoms with E-state index in [2.05, 4.69) is 15.5 Å². The Bertz CT molecular complexity index is 1250. The highest BCUT2D eigenvalue weighted by Crippen LogP contribution is 2.23. The first-order chi connectivity index (χ1) is 17.8. The van der Waals surface area contributed by atoms with Crippen molar-refractivity contribution in [2.24, 2.45) is 5.92 Å². The van der Waals surface area contributed by atoms with Gasteiger partial charge in [0.15, 0.2) is 0 Å². The van der Waals surface area contributed by atoms with Crippen molar-refractivity contribution in [2.75, 3.05) is 38.6 Å². The zero-order valence-electron chi connectivity index (χ0n) is 21.4. The number of fused-ring (bicyclic) bond motifs is 1. The Labute approximate surface area is 216 Å². The number of esters is 1. The molecule has 0 aliphatic carbocycles. The molecular formula is C27H33FN6O3. The van der Waals surface area contributed by atoms with Gasteiger partial charge in [-0.2, -0.15) is 0 Å². The van der Waals surface area contributed by atoms with Crippen LogP contribution >= 0.6 is 0 Å². The minimum absolute atomic E-state index is 0.00441. The molecule has 37 heavy (non-hydrogen) atoms. The van der Waals surface area contributed by atoms with Crippen LogP contribution in [0.25, 0.3) is 10.9 Å². The van der Waals surface area contributed by atoms with Crippen molar-refractivity contribution >= 4 is 28.7 Å². The molecule has 1 fully saturated rings. The molecule has 1 saturated heterocycles. The number of para-hydroxylation sites is 1. The molecule has 2 aromatic carbocycles. The van der Waals surface area contributed by atoms with Gasteiger partial charge in [0.1, 0.15) is 23.5 Å². The second-order valence-electron chi connectivity index (χ2n) is 9.45. The van der Waals surface area contributed by atoms with Gasteiger partial charge in [-0.15, -0.1) is 0 Å². The van der Waals surface area contributed by atoms with E-state index in [0.29, 0.717) is 44.4 Å². The third-order valence-corrected chi connectivity index (χ3v) is 6.42. The Morgan fingerprint density at radius 2 is 1.81 bits per heavy atom. The quantitative estimate of drug-likeness (QED) is 0.450. The van der Waals surface area contributed by atoms with Crippen molar-refractivity contribution in [1.29, 1.82) is 0 Å². The van der Waals surface area contributed by atoms with E-state index < -0.39 is 6.04 Å². The normalized spacial score (nSPS) is 15.0. The van der Waals surface area contributed by atoms with E-state index in [0.717, 1.165) is 16.5 Å². The van der Waals surface area contributed by atoms with Gasteiger partial charge in [-0.1, -0.05) is 38.1 Å². The molecule has 0 unspecified atom stereocenters. The number of urea groups is 1. The number of nitrogens with zero attached hydrogens (tertiary/aromatic N) is 4. The van der Waals surface area contributed by atoms with Crippen molar-refractivity contribution in [3.8, 4) is 0 Å². The van der Waals surface area contributed by atoms with E-state index in [1.54, 1.807) is 17.0 Å². The number of anilines is 1. The summed E-state index contributed by atoms with van der Waals surface area (Å²) in [5, 5.41) is 6.97. The molecule has 2 N–H and O–H groups in total. The van der Waals surface area contributed by atoms with Crippen LogP contribution < -0.4 is 10.6 Å². The molecule has 196 valence electrons. The minimum atomic E-state index is -0.536. The summed E-state index contributed by atoms with van der Waals surface area (Å²) in [4.78, 5) is 38.4. The molecule has 0 saturated carbocycles. The zero-order valence-corrected chi connectivity index (χ0v) is 21.4. The second kappa shape index (κ2) is 12.0. The van der Waals surface area contributed by atoms with Gasteiger partial charge in [0.05, 0.1) is 19.2 Å². The van der Waals surface area contributed by atoms with Gasteiger partial charge < -0.3 is 20.3 Å². The summed E-state index contributed by atoms with van der Waals surface area (Å²) < 4.78 is 18.3. The number of carbonyl (C=O) groups excluding carboxylic acids is 2. The second-order valence-corrected chi connectivity index (χ2v) is 9.45. The molecule has 1 aliphatic rings. The fourth-order valence-corrected chi connectivity index (χ4v) is 4.32. The Balaban J connectivity index is 1.39. The number of benzene rings is 2. The number of halogens is 1. The molecular weight excluding hydrogens is 475 g/mol. The van der Waals surface area contributed by atoms with Gasteiger partial charge >= 0.3 is 12.0 Å². The SMILES string of the molecule is COC(=O)[C@@H](Nc1nc(CN2CCN(C(=O)NCc3cccc(F)c3)CC2)nc2ccccc12)C(C)C. The van der Waals surface area contributed by atoms with Crippen molar-refractivity contribution in [1.82, 2.24) is 25.1 Å². The number of hydrogen-bond donors (Lipinski definition) is 2. The maximum atomic E-state index is 13.4. The average molecular weight is 509 g/mol. The van der Waals surface area contributed by atoms with Gasteiger partial charge in [-0.25, -0.2) is 23.9 Å². The monoisotopic (exact) mass is 508 g/mol. The number of aromatic nitrogens is 2. The summed E-state index contributed by atoms with van der Waals surface area (Å²) in [6.07, 6.45) is 0. The summed E-state index contributed by atoms with van der Waals surface area (Å²) in [5.74, 6) is 0.577. The Hall–Kier alpha value is -3.79. The maximum absolute atomic E-state index is 13.4. The molecule has 0 radical (unpaired) electrons. The standard InChI is InChI=1S/C27H33FN6O3/c1-18(2)24(26(35)37-3)32-25-21-9-4-5-10-22(21)30-23(31-25)17-33-11-13-34(14-12-33)27(36)29-16-19-7-6-8-20(28)15-19/h4-10,15,18,24H,11-14,16-17H2,1-3H3,(H,29,36)(H,30,31,32)/t24-/m0/s1. The van der Waals surface area contributed by atoms with E-state index in [9.17, 15) is 14.0 Å². The molecule has 1 aromatic heterocycles. The molecule has 9 nitrogen and oxygen atoms in total. The first-order valence-corrected chi connectivity index (χ1v) is 12.4. The molecule has 10 heteroatoms. The smallest absolute Gasteiger partial charge is 0.328 e. The van der Waals surface area contributed by atoms with E-state index in [1.807, 2.05) is 38.1 Å². The maximum Gasteiger partial charge on any atom is 0.328 e. The number of amides is 2. The van der Waals surface area contributed by atoms with Crippen LogP contribution in [0.4, 0.5) is 15.0 Å². The van der Waals surface area contributed by atoms with Crippen LogP contribution in [0.5, 0.6) is 0 Å². The van der Waals surface area contributed by atoms with Crippen LogP contribution in [0.15, 0.2) is 48.5 Å². The summed E-state index contributed by atoms with van der Waals surface area (Å²) in [5.41, 5.74) is 1.51. The molecule has 2 heterocycles. The fourth-order valence-electron chi connectivity index (χ4n) is 4.32. The van der Waals surface area contributed by atoms with Crippen molar-refractivity contribution in [2.45, 2.75) is 33.0 Å². The Morgan fingerprint density at radius 1 is 1.05 bits per heavy atom. The van der Waals surface area contributed by atoms with E-state index in [4.69, 9.17) is 14.7 Å². The summed E-state index contributed by atoms with van der Waals surface area (Å²) in [7, 11) is 1.38. The number of ether oxygens (including phenoxy) is 1. The molecule has 1 atom stereocenters. The zero-order chi connectivity index (χ0) is 26.4. The third-order valence-electron chi connectivity index (χ3n) is 6.42. The third kappa shape index (κ3) is 6.71. The van der Waals surface area contributed by atoms with Crippen LogP contribution in [-0.4, -0.2) is 71.1 Å². The first kappa shape index (κ1) is 26.3. The molecule has 4 rings (SSSR count). The summed E-state index contributed by atoms with van der Waals surface area (Å²) >= 11 is 0. The van der Waals surface area contributed by atoms with E-state index in [-0.39, 0.29) is 30.3 Å². The van der Waals surface area contributed by atoms with Crippen LogP contribution in [0.2, 0.25) is 0 Å². The van der Waals surface area contributed by atoms with Crippen LogP contribution in [-0.2, 0) is 22.6 Å². The van der Waals surface area contributed by atoms with Gasteiger partial charge in [0.25, 0.3) is 0 Å². The predicted molar refractivity (Wildman–Crippen MR) is 139 cm³/mol. The first-order valence-electron chi connectivity index (χ1n) is 12.4. The molecule has 1 aliphatic heterocycles. The van der Waals surface area contributed by atoms with E-state index in [1.165, 1.54) is 19.2 Å². The highest BCUT2D eigenvalue weighted by atomic mass is 19.1. The number of carbonyl (C=O) groups is 2. The molecule has 0 bridgehead atoms. The lowest BCUT2D eigenvalue weighted by Gasteiger charge is -2.34. The van der Waals surface area contributed by atoms with Gasteiger partial charge in [0, 0.05) is 38.1 Å². The van der Waals surface area contributed by atoms with Crippen LogP contribution in [0, 0.1) is 11.7 Å². The number of nitrogens with one attached hydrogen (secondary N) is 2. The topological polar surface area (TPSA) is 99.7 Å². The lowest BCUT2D eigenvalue weighted by Crippen LogP contribution is -2.51. The van der Waals surface area contributed by atoms with Gasteiger partial charge in [-0.3, -0.25) is 4.90 Å². The minimum Gasteiger partial charge on any atom is -0.467 e. The fraction of sp³-hybridized carbons (Fsp3) is 0.407. The van der Waals surface area contributed by atoms with Gasteiger partial charge in [0.2, 0.25) is 0 Å². The van der Waals surface area contributed by atoms with E-state index >= 15 is 0 Å². The lowest BCUT2D eigenvalue weighted by atomic mass is 10.0. The predicted octanol–water partition coefficient (Wildman–Crippen LogP) is 3.41. The summed E-state index contributed by atoms with van der Waals surface area (Å²) in [6.45, 7) is 7.16. The van der Waals surface area contributed by atoms with Crippen LogP contribution in [0.3, 0.4) is 0 Å². The van der Waals surface area contributed by atoms with Crippen molar-refractivity contribution < 1.29 is 18.7 Å². The molecule has 3 aromatic rings. The number of piperazine rings is 1. The van der Waals surface area contributed by atoms with Gasteiger partial charge in [-0.05, 0) is 35.7 Å². The largest absolute Gasteiger partial charge is 0.467 e. The average Bonchev–Trinajstić information content (AvgIpc) is 2.90. The highest BCUT2D eigenvalue weighted by molar-refractivity contribution is 5.91. The highest BCUT2D eigenvalue weighted by Gasteiger charge is 2.25. The Morgan fingerprint density at radius 3 is 2.51 bits per heavy atom. The Kier molecular flexibility index (Phi) is 8.50. The number of hydrogen-bond acceptors (Lipinski definition) is 7. The van der Waals surface area contributed by atoms with Crippen molar-refractivity contribution in [3.05, 3.63) is 65.7 Å².